The quantitative estimate of drug-likeness (QED) is 0.546. The highest BCUT2D eigenvalue weighted by Gasteiger charge is 2.31. The Balaban J connectivity index is 2.45. The molecule has 2 aromatic rings. The van der Waals surface area contributed by atoms with Gasteiger partial charge in [-0.2, -0.15) is 0 Å². The van der Waals surface area contributed by atoms with E-state index in [-0.39, 0.29) is 18.1 Å². The zero-order valence-corrected chi connectivity index (χ0v) is 21.0. The van der Waals surface area contributed by atoms with Gasteiger partial charge in [-0.1, -0.05) is 36.7 Å². The molecule has 1 N–H and O–H groups in total. The van der Waals surface area contributed by atoms with E-state index in [2.05, 4.69) is 5.32 Å². The number of ether oxygens (including phenoxy) is 1. The van der Waals surface area contributed by atoms with Crippen LogP contribution in [0.4, 0.5) is 5.69 Å². The first kappa shape index (κ1) is 26.5. The Morgan fingerprint density at radius 3 is 2.42 bits per heavy atom. The van der Waals surface area contributed by atoms with Crippen LogP contribution in [0.15, 0.2) is 42.5 Å². The second-order valence-electron chi connectivity index (χ2n) is 7.61. The number of nitrogens with one attached hydrogen (secondary N) is 1. The number of carbonyl (C=O) groups is 2. The molecule has 0 unspecified atom stereocenters. The van der Waals surface area contributed by atoms with Gasteiger partial charge >= 0.3 is 0 Å². The van der Waals surface area contributed by atoms with Crippen LogP contribution < -0.4 is 14.4 Å². The number of sulfonamides is 1. The number of aryl methyl sites for hydroxylation is 1. The van der Waals surface area contributed by atoms with Crippen molar-refractivity contribution in [2.45, 2.75) is 32.9 Å². The number of likely N-dealkylation sites (N-methyl/N-ethyl adjacent to an activating group) is 1. The van der Waals surface area contributed by atoms with E-state index in [0.29, 0.717) is 17.2 Å². The zero-order valence-electron chi connectivity index (χ0n) is 19.5. The fraction of sp³-hybridized carbons (Fsp3) is 0.391. The maximum Gasteiger partial charge on any atom is 0.244 e. The summed E-state index contributed by atoms with van der Waals surface area (Å²) in [5.41, 5.74) is 1.80. The number of hydrogen-bond donors (Lipinski definition) is 1. The van der Waals surface area contributed by atoms with E-state index in [1.807, 2.05) is 6.07 Å². The summed E-state index contributed by atoms with van der Waals surface area (Å²) in [7, 11) is -0.775. The van der Waals surface area contributed by atoms with Gasteiger partial charge < -0.3 is 15.0 Å². The van der Waals surface area contributed by atoms with E-state index in [9.17, 15) is 18.0 Å². The molecule has 1 atom stereocenters. The van der Waals surface area contributed by atoms with Gasteiger partial charge in [0.15, 0.2) is 0 Å². The Bertz CT molecular complexity index is 1110. The number of amides is 2. The van der Waals surface area contributed by atoms with Crippen molar-refractivity contribution < 1.29 is 22.7 Å². The Morgan fingerprint density at radius 1 is 1.18 bits per heavy atom. The molecule has 0 aliphatic heterocycles. The predicted molar refractivity (Wildman–Crippen MR) is 130 cm³/mol. The standard InChI is InChI=1S/C23H30ClN3O5S/c1-6-21(23(29)25-3)26(14-17-8-7-9-19(12-17)32-4)22(28)15-27(33(5,30)31)18-11-10-16(2)20(24)13-18/h7-13,21H,6,14-15H2,1-5H3,(H,25,29)/t21-/m0/s1. The first-order chi connectivity index (χ1) is 15.5. The van der Waals surface area contributed by atoms with Crippen LogP contribution in [0.2, 0.25) is 5.02 Å². The van der Waals surface area contributed by atoms with Crippen molar-refractivity contribution in [1.82, 2.24) is 10.2 Å². The maximum absolute atomic E-state index is 13.5. The van der Waals surface area contributed by atoms with Gasteiger partial charge in [0, 0.05) is 18.6 Å². The summed E-state index contributed by atoms with van der Waals surface area (Å²) in [6, 6.07) is 11.2. The van der Waals surface area contributed by atoms with Gasteiger partial charge in [-0.3, -0.25) is 13.9 Å². The molecule has 2 rings (SSSR count). The van der Waals surface area contributed by atoms with Gasteiger partial charge in [-0.25, -0.2) is 8.42 Å². The second-order valence-corrected chi connectivity index (χ2v) is 9.93. The Hall–Kier alpha value is -2.78. The van der Waals surface area contributed by atoms with Gasteiger partial charge in [0.25, 0.3) is 0 Å². The van der Waals surface area contributed by atoms with Gasteiger partial charge in [0.1, 0.15) is 18.3 Å². The lowest BCUT2D eigenvalue weighted by atomic mass is 10.1. The van der Waals surface area contributed by atoms with Gasteiger partial charge in [0.05, 0.1) is 19.1 Å². The van der Waals surface area contributed by atoms with Crippen molar-refractivity contribution in [2.24, 2.45) is 0 Å². The van der Waals surface area contributed by atoms with Crippen LogP contribution in [-0.4, -0.2) is 58.1 Å². The molecule has 0 aromatic heterocycles. The van der Waals surface area contributed by atoms with Crippen molar-refractivity contribution in [2.75, 3.05) is 31.3 Å². The predicted octanol–water partition coefficient (Wildman–Crippen LogP) is 2.98. The van der Waals surface area contributed by atoms with Crippen LogP contribution in [-0.2, 0) is 26.2 Å². The summed E-state index contributed by atoms with van der Waals surface area (Å²) in [6.07, 6.45) is 1.38. The normalized spacial score (nSPS) is 12.1. The fourth-order valence-electron chi connectivity index (χ4n) is 3.40. The van der Waals surface area contributed by atoms with Crippen molar-refractivity contribution in [3.8, 4) is 5.75 Å². The van der Waals surface area contributed by atoms with E-state index in [1.165, 1.54) is 25.1 Å². The summed E-state index contributed by atoms with van der Waals surface area (Å²) in [5.74, 6) is -0.242. The average Bonchev–Trinajstić information content (AvgIpc) is 2.78. The highest BCUT2D eigenvalue weighted by atomic mass is 35.5. The molecule has 180 valence electrons. The third kappa shape index (κ3) is 6.85. The third-order valence-electron chi connectivity index (χ3n) is 5.24. The number of anilines is 1. The van der Waals surface area contributed by atoms with Crippen LogP contribution >= 0.6 is 11.6 Å². The van der Waals surface area contributed by atoms with E-state index in [4.69, 9.17) is 16.3 Å². The first-order valence-electron chi connectivity index (χ1n) is 10.4. The van der Waals surface area contributed by atoms with Crippen molar-refractivity contribution in [1.29, 1.82) is 0 Å². The number of hydrogen-bond acceptors (Lipinski definition) is 5. The molecule has 2 aromatic carbocycles. The number of carbonyl (C=O) groups excluding carboxylic acids is 2. The van der Waals surface area contributed by atoms with Crippen LogP contribution in [0.25, 0.3) is 0 Å². The topological polar surface area (TPSA) is 96.0 Å². The molecular formula is C23H30ClN3O5S. The summed E-state index contributed by atoms with van der Waals surface area (Å²) in [6.45, 7) is 3.22. The second kappa shape index (κ2) is 11.4. The van der Waals surface area contributed by atoms with Gasteiger partial charge in [-0.15, -0.1) is 0 Å². The number of nitrogens with zero attached hydrogens (tertiary/aromatic N) is 2. The van der Waals surface area contributed by atoms with Crippen molar-refractivity contribution >= 4 is 39.1 Å². The van der Waals surface area contributed by atoms with E-state index in [0.717, 1.165) is 21.7 Å². The number of rotatable bonds is 10. The Morgan fingerprint density at radius 2 is 1.88 bits per heavy atom. The van der Waals surface area contributed by atoms with E-state index < -0.39 is 28.5 Å². The Labute approximate surface area is 200 Å². The molecule has 2 amide bonds. The summed E-state index contributed by atoms with van der Waals surface area (Å²) in [5, 5.41) is 2.97. The minimum atomic E-state index is -3.81. The molecule has 0 fully saturated rings. The minimum Gasteiger partial charge on any atom is -0.497 e. The summed E-state index contributed by atoms with van der Waals surface area (Å²) in [4.78, 5) is 27.4. The highest BCUT2D eigenvalue weighted by molar-refractivity contribution is 7.92. The SMILES string of the molecule is CC[C@@H](C(=O)NC)N(Cc1cccc(OC)c1)C(=O)CN(c1ccc(C)c(Cl)c1)S(C)(=O)=O. The number of benzene rings is 2. The molecule has 0 heterocycles. The molecule has 33 heavy (non-hydrogen) atoms. The third-order valence-corrected chi connectivity index (χ3v) is 6.79. The van der Waals surface area contributed by atoms with Crippen LogP contribution in [0, 0.1) is 6.92 Å². The molecule has 0 saturated heterocycles. The van der Waals surface area contributed by atoms with Gasteiger partial charge in [-0.05, 0) is 48.7 Å². The lowest BCUT2D eigenvalue weighted by Gasteiger charge is -2.32. The maximum atomic E-state index is 13.5. The first-order valence-corrected chi connectivity index (χ1v) is 12.6. The van der Waals surface area contributed by atoms with Gasteiger partial charge in [0.2, 0.25) is 21.8 Å². The highest BCUT2D eigenvalue weighted by Crippen LogP contribution is 2.25. The molecule has 0 bridgehead atoms. The van der Waals surface area contributed by atoms with Crippen LogP contribution in [0.5, 0.6) is 5.75 Å². The molecule has 0 aliphatic rings. The lowest BCUT2D eigenvalue weighted by Crippen LogP contribution is -2.51. The number of halogens is 1. The molecule has 0 aliphatic carbocycles. The monoisotopic (exact) mass is 495 g/mol. The molecule has 8 nitrogen and oxygen atoms in total. The Kier molecular flexibility index (Phi) is 9.13. The largest absolute Gasteiger partial charge is 0.497 e. The summed E-state index contributed by atoms with van der Waals surface area (Å²) < 4.78 is 31.4. The zero-order chi connectivity index (χ0) is 24.8. The minimum absolute atomic E-state index is 0.105. The molecule has 0 saturated carbocycles. The molecular weight excluding hydrogens is 466 g/mol. The molecule has 0 radical (unpaired) electrons. The van der Waals surface area contributed by atoms with Crippen LogP contribution in [0.3, 0.4) is 0 Å². The fourth-order valence-corrected chi connectivity index (χ4v) is 4.42. The van der Waals surface area contributed by atoms with Crippen molar-refractivity contribution in [3.05, 3.63) is 58.6 Å². The molecule has 10 heteroatoms. The smallest absolute Gasteiger partial charge is 0.244 e. The van der Waals surface area contributed by atoms with Crippen LogP contribution in [0.1, 0.15) is 24.5 Å². The molecule has 0 spiro atoms. The number of methoxy groups -OCH3 is 1. The average molecular weight is 496 g/mol. The summed E-state index contributed by atoms with van der Waals surface area (Å²) >= 11 is 6.19. The van der Waals surface area contributed by atoms with E-state index in [1.54, 1.807) is 44.2 Å². The lowest BCUT2D eigenvalue weighted by molar-refractivity contribution is -0.140. The van der Waals surface area contributed by atoms with E-state index >= 15 is 0 Å². The van der Waals surface area contributed by atoms with Crippen molar-refractivity contribution in [3.63, 3.8) is 0 Å².